The first kappa shape index (κ1) is 42.7. The molecule has 0 spiro atoms. The SMILES string of the molecule is CCCCCCCCCCCCCCCCCCCCCCCCCCCCCCCCCCC(=O)OS(=O)(=O)c1ccccc1. The summed E-state index contributed by atoms with van der Waals surface area (Å²) >= 11 is 0. The van der Waals surface area contributed by atoms with Gasteiger partial charge in [0.2, 0.25) is 0 Å². The van der Waals surface area contributed by atoms with Crippen molar-refractivity contribution in [1.29, 1.82) is 0 Å². The summed E-state index contributed by atoms with van der Waals surface area (Å²) < 4.78 is 28.9. The van der Waals surface area contributed by atoms with Crippen molar-refractivity contribution in [2.75, 3.05) is 0 Å². The molecule has 0 saturated carbocycles. The van der Waals surface area contributed by atoms with E-state index in [0.717, 1.165) is 12.8 Å². The third kappa shape index (κ3) is 27.7. The average molecular weight is 663 g/mol. The van der Waals surface area contributed by atoms with E-state index >= 15 is 0 Å². The highest BCUT2D eigenvalue weighted by Crippen LogP contribution is 2.18. The molecule has 0 aromatic heterocycles. The molecular weight excluding hydrogens is 589 g/mol. The molecule has 1 aromatic rings. The first-order valence-corrected chi connectivity index (χ1v) is 21.5. The molecule has 0 unspecified atom stereocenters. The van der Waals surface area contributed by atoms with Crippen molar-refractivity contribution in [3.63, 3.8) is 0 Å². The van der Waals surface area contributed by atoms with E-state index in [-0.39, 0.29) is 11.3 Å². The summed E-state index contributed by atoms with van der Waals surface area (Å²) in [6.07, 6.45) is 44.0. The maximum absolute atomic E-state index is 12.1. The number of hydrogen-bond donors (Lipinski definition) is 0. The molecule has 0 bridgehead atoms. The van der Waals surface area contributed by atoms with E-state index < -0.39 is 16.1 Å². The Morgan fingerprint density at radius 2 is 0.696 bits per heavy atom. The van der Waals surface area contributed by atoms with Crippen LogP contribution in [0.4, 0.5) is 0 Å². The van der Waals surface area contributed by atoms with Crippen molar-refractivity contribution in [3.05, 3.63) is 30.3 Å². The van der Waals surface area contributed by atoms with E-state index in [4.69, 9.17) is 4.18 Å². The average Bonchev–Trinajstić information content (AvgIpc) is 3.05. The van der Waals surface area contributed by atoms with Crippen LogP contribution < -0.4 is 0 Å². The van der Waals surface area contributed by atoms with Gasteiger partial charge in [-0.05, 0) is 18.6 Å². The Morgan fingerprint density at radius 3 is 0.978 bits per heavy atom. The molecule has 0 aliphatic carbocycles. The Labute approximate surface area is 286 Å². The lowest BCUT2D eigenvalue weighted by Crippen LogP contribution is -2.13. The van der Waals surface area contributed by atoms with E-state index in [2.05, 4.69) is 6.92 Å². The summed E-state index contributed by atoms with van der Waals surface area (Å²) in [5, 5.41) is 0. The number of benzene rings is 1. The van der Waals surface area contributed by atoms with Crippen molar-refractivity contribution in [2.45, 2.75) is 224 Å². The Morgan fingerprint density at radius 1 is 0.435 bits per heavy atom. The monoisotopic (exact) mass is 663 g/mol. The molecule has 0 heterocycles. The molecule has 1 aromatic carbocycles. The van der Waals surface area contributed by atoms with E-state index in [0.29, 0.717) is 6.42 Å². The minimum Gasteiger partial charge on any atom is -0.342 e. The van der Waals surface area contributed by atoms with Gasteiger partial charge in [0.1, 0.15) is 4.90 Å². The smallest absolute Gasteiger partial charge is 0.341 e. The first-order valence-electron chi connectivity index (χ1n) is 20.1. The van der Waals surface area contributed by atoms with Gasteiger partial charge >= 0.3 is 16.1 Å². The Balaban J connectivity index is 1.70. The normalized spacial score (nSPS) is 11.7. The highest BCUT2D eigenvalue weighted by Gasteiger charge is 2.19. The fourth-order valence-corrected chi connectivity index (χ4v) is 7.36. The summed E-state index contributed by atoms with van der Waals surface area (Å²) in [6, 6.07) is 7.83. The van der Waals surface area contributed by atoms with Crippen LogP contribution >= 0.6 is 0 Å². The van der Waals surface area contributed by atoms with Crippen molar-refractivity contribution < 1.29 is 17.4 Å². The van der Waals surface area contributed by atoms with Crippen LogP contribution in [0.1, 0.15) is 219 Å². The van der Waals surface area contributed by atoms with Gasteiger partial charge in [-0.1, -0.05) is 224 Å². The van der Waals surface area contributed by atoms with Crippen LogP contribution in [0.2, 0.25) is 0 Å². The fraction of sp³-hybridized carbons (Fsp3) is 0.829. The van der Waals surface area contributed by atoms with Crippen LogP contribution in [0, 0.1) is 0 Å². The van der Waals surface area contributed by atoms with Crippen molar-refractivity contribution in [3.8, 4) is 0 Å². The lowest BCUT2D eigenvalue weighted by molar-refractivity contribution is -0.133. The molecule has 5 heteroatoms. The molecule has 0 atom stereocenters. The van der Waals surface area contributed by atoms with E-state index in [1.807, 2.05) is 0 Å². The lowest BCUT2D eigenvalue weighted by Gasteiger charge is -2.06. The van der Waals surface area contributed by atoms with Crippen LogP contribution in [0.25, 0.3) is 0 Å². The van der Waals surface area contributed by atoms with Gasteiger partial charge < -0.3 is 4.18 Å². The number of carbonyl (C=O) groups is 1. The Bertz CT molecular complexity index is 883. The van der Waals surface area contributed by atoms with Crippen LogP contribution in [0.15, 0.2) is 35.2 Å². The predicted molar refractivity (Wildman–Crippen MR) is 198 cm³/mol. The topological polar surface area (TPSA) is 60.4 Å². The summed E-state index contributed by atoms with van der Waals surface area (Å²) in [5.74, 6) is -0.658. The van der Waals surface area contributed by atoms with E-state index in [1.165, 1.54) is 198 Å². The molecule has 0 fully saturated rings. The predicted octanol–water partition coefficient (Wildman–Crippen LogP) is 13.8. The van der Waals surface area contributed by atoms with Gasteiger partial charge in [-0.15, -0.1) is 0 Å². The van der Waals surface area contributed by atoms with Gasteiger partial charge in [0.05, 0.1) is 0 Å². The number of unbranched alkanes of at least 4 members (excludes halogenated alkanes) is 31. The third-order valence-electron chi connectivity index (χ3n) is 9.47. The second-order valence-electron chi connectivity index (χ2n) is 13.9. The zero-order valence-corrected chi connectivity index (χ0v) is 31.1. The quantitative estimate of drug-likeness (QED) is 0.0536. The summed E-state index contributed by atoms with van der Waals surface area (Å²) in [7, 11) is -3.99. The van der Waals surface area contributed by atoms with Gasteiger partial charge in [-0.3, -0.25) is 4.79 Å². The molecule has 4 nitrogen and oxygen atoms in total. The summed E-state index contributed by atoms with van der Waals surface area (Å²) in [5.41, 5.74) is 0. The van der Waals surface area contributed by atoms with Crippen LogP contribution in [0.3, 0.4) is 0 Å². The molecule has 0 saturated heterocycles. The van der Waals surface area contributed by atoms with E-state index in [9.17, 15) is 13.2 Å². The molecule has 268 valence electrons. The molecule has 46 heavy (non-hydrogen) atoms. The molecular formula is C41H74O4S. The molecule has 0 aliphatic heterocycles. The van der Waals surface area contributed by atoms with Gasteiger partial charge in [0, 0.05) is 6.42 Å². The maximum Gasteiger partial charge on any atom is 0.341 e. The second kappa shape index (κ2) is 32.2. The van der Waals surface area contributed by atoms with Gasteiger partial charge in [-0.25, -0.2) is 0 Å². The molecule has 0 radical (unpaired) electrons. The van der Waals surface area contributed by atoms with Crippen LogP contribution in [-0.4, -0.2) is 14.4 Å². The highest BCUT2D eigenvalue weighted by atomic mass is 32.2. The maximum atomic E-state index is 12.1. The Kier molecular flexibility index (Phi) is 29.9. The second-order valence-corrected chi connectivity index (χ2v) is 15.5. The summed E-state index contributed by atoms with van der Waals surface area (Å²) in [4.78, 5) is 11.9. The number of rotatable bonds is 35. The van der Waals surface area contributed by atoms with Crippen molar-refractivity contribution in [2.24, 2.45) is 0 Å². The van der Waals surface area contributed by atoms with Gasteiger partial charge in [-0.2, -0.15) is 8.42 Å². The van der Waals surface area contributed by atoms with Crippen molar-refractivity contribution >= 4 is 16.1 Å². The highest BCUT2D eigenvalue weighted by molar-refractivity contribution is 7.87. The lowest BCUT2D eigenvalue weighted by atomic mass is 10.0. The number of carbonyl (C=O) groups excluding carboxylic acids is 1. The molecule has 0 aliphatic rings. The standard InChI is InChI=1S/C41H74O4S/c1-2-3-4-5-6-7-8-9-10-11-12-13-14-15-16-17-18-19-20-21-22-23-24-25-26-27-28-29-30-31-32-36-39-41(42)45-46(43,44)40-37-34-33-35-38-40/h33-35,37-38H,2-32,36,39H2,1H3. The summed E-state index contributed by atoms with van der Waals surface area (Å²) in [6.45, 7) is 2.30. The van der Waals surface area contributed by atoms with E-state index in [1.54, 1.807) is 18.2 Å². The Hall–Kier alpha value is -1.36. The van der Waals surface area contributed by atoms with Gasteiger partial charge in [0.25, 0.3) is 0 Å². The van der Waals surface area contributed by atoms with Crippen LogP contribution in [-0.2, 0) is 19.1 Å². The minimum atomic E-state index is -3.99. The molecule has 0 amide bonds. The zero-order chi connectivity index (χ0) is 33.2. The molecule has 1 rings (SSSR count). The van der Waals surface area contributed by atoms with Crippen LogP contribution in [0.5, 0.6) is 0 Å². The third-order valence-corrected chi connectivity index (χ3v) is 10.7. The molecule has 0 N–H and O–H groups in total. The van der Waals surface area contributed by atoms with Crippen molar-refractivity contribution in [1.82, 2.24) is 0 Å². The fourth-order valence-electron chi connectivity index (χ4n) is 6.45. The first-order chi connectivity index (χ1) is 22.6. The van der Waals surface area contributed by atoms with Gasteiger partial charge in [0.15, 0.2) is 0 Å². The largest absolute Gasteiger partial charge is 0.342 e. The zero-order valence-electron chi connectivity index (χ0n) is 30.3. The minimum absolute atomic E-state index is 0.0226. The number of hydrogen-bond acceptors (Lipinski definition) is 4.